The summed E-state index contributed by atoms with van der Waals surface area (Å²) in [5.41, 5.74) is 1.03. The highest BCUT2D eigenvalue weighted by Crippen LogP contribution is 2.23. The fraction of sp³-hybridized carbons (Fsp3) is 0.462. The van der Waals surface area contributed by atoms with Crippen LogP contribution in [0.25, 0.3) is 0 Å². The fourth-order valence-electron chi connectivity index (χ4n) is 2.16. The molecule has 3 heteroatoms. The van der Waals surface area contributed by atoms with Gasteiger partial charge in [-0.25, -0.2) is 4.39 Å². The Bertz CT molecular complexity index is 370. The first-order valence-electron chi connectivity index (χ1n) is 5.81. The number of hydrogen-bond donors (Lipinski definition) is 0. The molecule has 0 bridgehead atoms. The quantitative estimate of drug-likeness (QED) is 0.715. The number of rotatable bonds is 2. The minimum atomic E-state index is -0.286. The van der Waals surface area contributed by atoms with Crippen LogP contribution >= 0.6 is 0 Å². The van der Waals surface area contributed by atoms with Gasteiger partial charge in [-0.15, -0.1) is 0 Å². The van der Waals surface area contributed by atoms with Crippen molar-refractivity contribution in [3.63, 3.8) is 0 Å². The highest BCUT2D eigenvalue weighted by Gasteiger charge is 2.13. The van der Waals surface area contributed by atoms with E-state index < -0.39 is 0 Å². The molecule has 1 saturated heterocycles. The zero-order valence-corrected chi connectivity index (χ0v) is 9.29. The van der Waals surface area contributed by atoms with Gasteiger partial charge in [-0.2, -0.15) is 0 Å². The van der Waals surface area contributed by atoms with E-state index in [2.05, 4.69) is 4.90 Å². The lowest BCUT2D eigenvalue weighted by Crippen LogP contribution is -2.24. The molecule has 0 spiro atoms. The third-order valence-corrected chi connectivity index (χ3v) is 3.05. The number of carbonyl (C=O) groups excluding carboxylic acids is 1. The van der Waals surface area contributed by atoms with Gasteiger partial charge >= 0.3 is 0 Å². The van der Waals surface area contributed by atoms with Crippen molar-refractivity contribution in [2.75, 3.05) is 18.0 Å². The second-order valence-electron chi connectivity index (χ2n) is 4.23. The number of hydrogen-bond acceptors (Lipinski definition) is 2. The van der Waals surface area contributed by atoms with Crippen LogP contribution in [-0.2, 0) is 0 Å². The molecule has 16 heavy (non-hydrogen) atoms. The molecular weight excluding hydrogens is 205 g/mol. The molecule has 0 N–H and O–H groups in total. The molecule has 0 atom stereocenters. The first-order chi connectivity index (χ1) is 7.81. The third-order valence-electron chi connectivity index (χ3n) is 3.05. The van der Waals surface area contributed by atoms with Crippen molar-refractivity contribution in [1.82, 2.24) is 0 Å². The molecule has 1 fully saturated rings. The highest BCUT2D eigenvalue weighted by molar-refractivity contribution is 5.76. The van der Waals surface area contributed by atoms with Crippen LogP contribution in [0.4, 0.5) is 10.1 Å². The summed E-state index contributed by atoms with van der Waals surface area (Å²) in [6.07, 6.45) is 5.37. The number of anilines is 1. The Balaban J connectivity index is 2.21. The fourth-order valence-corrected chi connectivity index (χ4v) is 2.16. The summed E-state index contributed by atoms with van der Waals surface area (Å²) in [4.78, 5) is 12.6. The molecule has 0 amide bonds. The summed E-state index contributed by atoms with van der Waals surface area (Å²) < 4.78 is 13.8. The van der Waals surface area contributed by atoms with Crippen LogP contribution in [0.15, 0.2) is 18.2 Å². The Labute approximate surface area is 95.1 Å². The molecule has 1 aliphatic rings. The predicted octanol–water partition coefficient (Wildman–Crippen LogP) is 3.02. The molecular formula is C13H16FNO. The third kappa shape index (κ3) is 2.40. The summed E-state index contributed by atoms with van der Waals surface area (Å²) >= 11 is 0. The van der Waals surface area contributed by atoms with Crippen molar-refractivity contribution in [2.24, 2.45) is 0 Å². The average Bonchev–Trinajstić information content (AvgIpc) is 2.57. The van der Waals surface area contributed by atoms with Crippen LogP contribution < -0.4 is 4.90 Å². The second-order valence-corrected chi connectivity index (χ2v) is 4.23. The molecule has 86 valence electrons. The van der Waals surface area contributed by atoms with Gasteiger partial charge in [0.05, 0.1) is 5.69 Å². The maximum absolute atomic E-state index is 13.8. The van der Waals surface area contributed by atoms with Crippen LogP contribution in [0.1, 0.15) is 36.0 Å². The topological polar surface area (TPSA) is 20.3 Å². The molecule has 0 unspecified atom stereocenters. The number of nitrogens with zero attached hydrogens (tertiary/aromatic N) is 1. The standard InChI is InChI=1S/C13H16FNO/c14-12-9-11(10-16)5-6-13(12)15-7-3-1-2-4-8-15/h5-6,9-10H,1-4,7-8H2. The van der Waals surface area contributed by atoms with Gasteiger partial charge in [0.2, 0.25) is 0 Å². The molecule has 1 aromatic rings. The lowest BCUT2D eigenvalue weighted by molar-refractivity contribution is 0.112. The molecule has 1 aromatic carbocycles. The van der Waals surface area contributed by atoms with E-state index in [-0.39, 0.29) is 5.82 Å². The van der Waals surface area contributed by atoms with Gasteiger partial charge in [0.1, 0.15) is 12.1 Å². The Morgan fingerprint density at radius 3 is 2.38 bits per heavy atom. The van der Waals surface area contributed by atoms with E-state index in [1.165, 1.54) is 18.9 Å². The van der Waals surface area contributed by atoms with Crippen LogP contribution in [-0.4, -0.2) is 19.4 Å². The molecule has 2 nitrogen and oxygen atoms in total. The number of aldehydes is 1. The number of benzene rings is 1. The molecule has 0 saturated carbocycles. The van der Waals surface area contributed by atoms with Crippen molar-refractivity contribution >= 4 is 12.0 Å². The average molecular weight is 221 g/mol. The zero-order valence-electron chi connectivity index (χ0n) is 9.29. The summed E-state index contributed by atoms with van der Waals surface area (Å²) in [6, 6.07) is 4.70. The highest BCUT2D eigenvalue weighted by atomic mass is 19.1. The van der Waals surface area contributed by atoms with Crippen molar-refractivity contribution in [3.8, 4) is 0 Å². The molecule has 2 rings (SSSR count). The van der Waals surface area contributed by atoms with Gasteiger partial charge in [0, 0.05) is 18.7 Å². The monoisotopic (exact) mass is 221 g/mol. The molecule has 1 aliphatic heterocycles. The van der Waals surface area contributed by atoms with Crippen molar-refractivity contribution < 1.29 is 9.18 Å². The van der Waals surface area contributed by atoms with Gasteiger partial charge in [-0.05, 0) is 31.0 Å². The Morgan fingerprint density at radius 1 is 1.12 bits per heavy atom. The van der Waals surface area contributed by atoms with Gasteiger partial charge < -0.3 is 4.90 Å². The number of halogens is 1. The van der Waals surface area contributed by atoms with Crippen molar-refractivity contribution in [2.45, 2.75) is 25.7 Å². The number of carbonyl (C=O) groups is 1. The van der Waals surface area contributed by atoms with Gasteiger partial charge in [-0.3, -0.25) is 4.79 Å². The lowest BCUT2D eigenvalue weighted by atomic mass is 10.2. The van der Waals surface area contributed by atoms with Gasteiger partial charge in [0.15, 0.2) is 0 Å². The zero-order chi connectivity index (χ0) is 11.4. The van der Waals surface area contributed by atoms with E-state index in [1.54, 1.807) is 12.1 Å². The van der Waals surface area contributed by atoms with E-state index in [0.29, 0.717) is 17.5 Å². The second kappa shape index (κ2) is 5.10. The molecule has 0 radical (unpaired) electrons. The summed E-state index contributed by atoms with van der Waals surface area (Å²) in [7, 11) is 0. The summed E-state index contributed by atoms with van der Waals surface area (Å²) in [6.45, 7) is 1.83. The minimum Gasteiger partial charge on any atom is -0.369 e. The predicted molar refractivity (Wildman–Crippen MR) is 62.5 cm³/mol. The molecule has 0 aliphatic carbocycles. The van der Waals surface area contributed by atoms with E-state index in [0.717, 1.165) is 25.9 Å². The maximum atomic E-state index is 13.8. The van der Waals surface area contributed by atoms with Gasteiger partial charge in [-0.1, -0.05) is 12.8 Å². The Morgan fingerprint density at radius 2 is 1.81 bits per heavy atom. The van der Waals surface area contributed by atoms with E-state index in [4.69, 9.17) is 0 Å². The molecule has 0 aromatic heterocycles. The van der Waals surface area contributed by atoms with E-state index in [9.17, 15) is 9.18 Å². The van der Waals surface area contributed by atoms with Crippen LogP contribution in [0, 0.1) is 5.82 Å². The van der Waals surface area contributed by atoms with Crippen molar-refractivity contribution in [1.29, 1.82) is 0 Å². The normalized spacial score (nSPS) is 16.9. The van der Waals surface area contributed by atoms with Crippen LogP contribution in [0.5, 0.6) is 0 Å². The van der Waals surface area contributed by atoms with Crippen LogP contribution in [0.2, 0.25) is 0 Å². The van der Waals surface area contributed by atoms with E-state index in [1.807, 2.05) is 0 Å². The first kappa shape index (κ1) is 11.1. The lowest BCUT2D eigenvalue weighted by Gasteiger charge is -2.23. The van der Waals surface area contributed by atoms with Crippen molar-refractivity contribution in [3.05, 3.63) is 29.6 Å². The van der Waals surface area contributed by atoms with Crippen LogP contribution in [0.3, 0.4) is 0 Å². The maximum Gasteiger partial charge on any atom is 0.150 e. The summed E-state index contributed by atoms with van der Waals surface area (Å²) in [5.74, 6) is -0.286. The smallest absolute Gasteiger partial charge is 0.150 e. The SMILES string of the molecule is O=Cc1ccc(N2CCCCCC2)c(F)c1. The minimum absolute atomic E-state index is 0.286. The van der Waals surface area contributed by atoms with E-state index >= 15 is 0 Å². The first-order valence-corrected chi connectivity index (χ1v) is 5.81. The molecule has 1 heterocycles. The Hall–Kier alpha value is -1.38. The largest absolute Gasteiger partial charge is 0.369 e. The summed E-state index contributed by atoms with van der Waals surface area (Å²) in [5, 5.41) is 0. The Kier molecular flexibility index (Phi) is 3.54. The van der Waals surface area contributed by atoms with Gasteiger partial charge in [0.25, 0.3) is 0 Å².